The van der Waals surface area contributed by atoms with E-state index in [1.807, 2.05) is 39.8 Å². The minimum absolute atomic E-state index is 0.0261. The second-order valence-electron chi connectivity index (χ2n) is 8.63. The van der Waals surface area contributed by atoms with E-state index in [2.05, 4.69) is 29.3 Å². The molecule has 0 aromatic heterocycles. The number of nitrogens with one attached hydrogen (secondary N) is 2. The number of terminal acetylenes is 1. The number of alkyl carbamates (subject to hydrolysis) is 1. The maximum Gasteiger partial charge on any atom is 0.408 e. The van der Waals surface area contributed by atoms with Crippen molar-refractivity contribution in [1.29, 1.82) is 0 Å². The second-order valence-corrected chi connectivity index (χ2v) is 8.99. The summed E-state index contributed by atoms with van der Waals surface area (Å²) in [6.07, 6.45) is 4.91. The van der Waals surface area contributed by atoms with Crippen LogP contribution in [0, 0.1) is 26.3 Å². The molecule has 2 unspecified atom stereocenters. The highest BCUT2D eigenvalue weighted by molar-refractivity contribution is 7.80. The number of nitrogens with zero attached hydrogens (tertiary/aromatic N) is 1. The average Bonchev–Trinajstić information content (AvgIpc) is 2.63. The zero-order chi connectivity index (χ0) is 23.9. The molecule has 3 amide bonds. The van der Waals surface area contributed by atoms with Gasteiger partial charge in [-0.3, -0.25) is 14.5 Å². The van der Waals surface area contributed by atoms with E-state index in [1.165, 1.54) is 0 Å². The van der Waals surface area contributed by atoms with Crippen molar-refractivity contribution in [1.82, 2.24) is 15.5 Å². The van der Waals surface area contributed by atoms with E-state index in [0.29, 0.717) is 5.56 Å². The fraction of sp³-hybridized carbons (Fsp3) is 0.522. The molecule has 31 heavy (non-hydrogen) atoms. The molecule has 0 heterocycles. The molecule has 1 rings (SSSR count). The Hall–Kier alpha value is -2.66. The molecule has 2 N–H and O–H groups in total. The van der Waals surface area contributed by atoms with Gasteiger partial charge in [0, 0.05) is 17.8 Å². The van der Waals surface area contributed by atoms with Crippen molar-refractivity contribution in [3.63, 3.8) is 0 Å². The Morgan fingerprint density at radius 1 is 1.16 bits per heavy atom. The molecule has 0 aliphatic heterocycles. The molecule has 0 radical (unpaired) electrons. The fourth-order valence-corrected chi connectivity index (χ4v) is 3.03. The quantitative estimate of drug-likeness (QED) is 0.340. The van der Waals surface area contributed by atoms with Gasteiger partial charge in [0.2, 0.25) is 5.91 Å². The summed E-state index contributed by atoms with van der Waals surface area (Å²) in [5, 5.41) is 5.30. The van der Waals surface area contributed by atoms with Gasteiger partial charge < -0.3 is 15.4 Å². The molecular formula is C23H33N3O4S. The summed E-state index contributed by atoms with van der Waals surface area (Å²) in [7, 11) is 0. The van der Waals surface area contributed by atoms with Crippen LogP contribution in [-0.2, 0) is 14.3 Å². The lowest BCUT2D eigenvalue weighted by molar-refractivity contribution is -0.138. The summed E-state index contributed by atoms with van der Waals surface area (Å²) < 4.78 is 5.22. The summed E-state index contributed by atoms with van der Waals surface area (Å²) in [6, 6.07) is 5.49. The smallest absolute Gasteiger partial charge is 0.408 e. The monoisotopic (exact) mass is 447 g/mol. The van der Waals surface area contributed by atoms with Crippen molar-refractivity contribution < 1.29 is 19.1 Å². The zero-order valence-corrected chi connectivity index (χ0v) is 20.2. The number of hydrogen-bond acceptors (Lipinski definition) is 5. The first-order valence-electron chi connectivity index (χ1n) is 10.1. The molecule has 0 bridgehead atoms. The molecule has 1 aromatic rings. The number of amides is 3. The van der Waals surface area contributed by atoms with Gasteiger partial charge in [-0.2, -0.15) is 12.6 Å². The molecule has 0 saturated heterocycles. The van der Waals surface area contributed by atoms with Crippen LogP contribution in [0.3, 0.4) is 0 Å². The summed E-state index contributed by atoms with van der Waals surface area (Å²) in [5.74, 6) is -1.08. The lowest BCUT2D eigenvalue weighted by Crippen LogP contribution is -2.52. The van der Waals surface area contributed by atoms with E-state index in [-0.39, 0.29) is 11.8 Å². The van der Waals surface area contributed by atoms with Gasteiger partial charge in [0.1, 0.15) is 17.7 Å². The summed E-state index contributed by atoms with van der Waals surface area (Å²) in [6.45, 7) is 12.6. The third-order valence-electron chi connectivity index (χ3n) is 4.33. The highest BCUT2D eigenvalue weighted by Gasteiger charge is 2.35. The Morgan fingerprint density at radius 2 is 1.77 bits per heavy atom. The summed E-state index contributed by atoms with van der Waals surface area (Å²) >= 11 is 4.18. The zero-order valence-electron chi connectivity index (χ0n) is 19.3. The van der Waals surface area contributed by atoms with Crippen LogP contribution in [0.2, 0.25) is 0 Å². The molecule has 0 spiro atoms. The van der Waals surface area contributed by atoms with Crippen LogP contribution in [0.4, 0.5) is 4.79 Å². The number of aryl methyl sites for hydroxylation is 2. The molecule has 1 aromatic carbocycles. The van der Waals surface area contributed by atoms with E-state index in [0.717, 1.165) is 16.0 Å². The predicted molar refractivity (Wildman–Crippen MR) is 125 cm³/mol. The Bertz CT molecular complexity index is 855. The summed E-state index contributed by atoms with van der Waals surface area (Å²) in [5.41, 5.74) is 1.84. The fourth-order valence-electron chi connectivity index (χ4n) is 2.78. The maximum atomic E-state index is 13.2. The van der Waals surface area contributed by atoms with Gasteiger partial charge in [0.05, 0.1) is 0 Å². The van der Waals surface area contributed by atoms with E-state index in [1.54, 1.807) is 26.8 Å². The van der Waals surface area contributed by atoms with E-state index in [4.69, 9.17) is 11.2 Å². The van der Waals surface area contributed by atoms with Crippen molar-refractivity contribution in [2.75, 3.05) is 5.75 Å². The highest BCUT2D eigenvalue weighted by atomic mass is 32.1. The molecule has 0 aliphatic rings. The normalized spacial score (nSPS) is 13.0. The SMILES string of the molecule is C#CN(C(=O)C(CS)NC(=O)OC(C)(C)C)C(C(=O)NC(C)C)c1ccc(C)c(C)c1. The van der Waals surface area contributed by atoms with Crippen molar-refractivity contribution in [3.8, 4) is 12.5 Å². The Kier molecular flexibility index (Phi) is 9.44. The molecule has 2 atom stereocenters. The number of carbonyl (C=O) groups excluding carboxylic acids is 3. The predicted octanol–water partition coefficient (Wildman–Crippen LogP) is 3.11. The van der Waals surface area contributed by atoms with Gasteiger partial charge in [-0.05, 0) is 65.2 Å². The standard InChI is InChI=1S/C23H33N3O4S/c1-9-26(21(28)18(13-31)25-22(29)30-23(6,7)8)19(20(27)24-14(2)3)17-11-10-15(4)16(5)12-17/h1,10-12,14,18-19,31H,13H2,2-8H3,(H,24,27)(H,25,29). The number of thiol groups is 1. The average molecular weight is 448 g/mol. The van der Waals surface area contributed by atoms with Crippen molar-refractivity contribution in [3.05, 3.63) is 34.9 Å². The number of carbonyl (C=O) groups is 3. The number of ether oxygens (including phenoxy) is 1. The topological polar surface area (TPSA) is 87.7 Å². The minimum atomic E-state index is -1.07. The molecule has 0 saturated carbocycles. The van der Waals surface area contributed by atoms with Crippen LogP contribution in [0.15, 0.2) is 18.2 Å². The van der Waals surface area contributed by atoms with Gasteiger partial charge >= 0.3 is 6.09 Å². The third-order valence-corrected chi connectivity index (χ3v) is 4.70. The number of rotatable bonds is 7. The van der Waals surface area contributed by atoms with Crippen LogP contribution in [0.5, 0.6) is 0 Å². The van der Waals surface area contributed by atoms with E-state index < -0.39 is 35.6 Å². The molecule has 0 fully saturated rings. The number of benzene rings is 1. The van der Waals surface area contributed by atoms with Crippen LogP contribution < -0.4 is 10.6 Å². The second kappa shape index (κ2) is 11.1. The van der Waals surface area contributed by atoms with Gasteiger partial charge in [-0.15, -0.1) is 0 Å². The Morgan fingerprint density at radius 3 is 2.23 bits per heavy atom. The van der Waals surface area contributed by atoms with E-state index >= 15 is 0 Å². The maximum absolute atomic E-state index is 13.2. The lowest BCUT2D eigenvalue weighted by atomic mass is 9.98. The summed E-state index contributed by atoms with van der Waals surface area (Å²) in [4.78, 5) is 39.5. The minimum Gasteiger partial charge on any atom is -0.444 e. The first-order valence-corrected chi connectivity index (χ1v) is 10.7. The Labute approximate surface area is 190 Å². The van der Waals surface area contributed by atoms with Gasteiger partial charge in [0.25, 0.3) is 5.91 Å². The highest BCUT2D eigenvalue weighted by Crippen LogP contribution is 2.24. The Balaban J connectivity index is 3.30. The van der Waals surface area contributed by atoms with Crippen LogP contribution in [0.25, 0.3) is 0 Å². The van der Waals surface area contributed by atoms with Crippen molar-refractivity contribution >= 4 is 30.5 Å². The molecule has 170 valence electrons. The van der Waals surface area contributed by atoms with Gasteiger partial charge in [-0.25, -0.2) is 4.79 Å². The molecule has 7 nitrogen and oxygen atoms in total. The molecule has 0 aliphatic carbocycles. The van der Waals surface area contributed by atoms with Gasteiger partial charge in [0.15, 0.2) is 0 Å². The van der Waals surface area contributed by atoms with Crippen LogP contribution >= 0.6 is 12.6 Å². The molecular weight excluding hydrogens is 414 g/mol. The van der Waals surface area contributed by atoms with Crippen LogP contribution in [0.1, 0.15) is 57.4 Å². The largest absolute Gasteiger partial charge is 0.444 e. The van der Waals surface area contributed by atoms with E-state index in [9.17, 15) is 14.4 Å². The lowest BCUT2D eigenvalue weighted by Gasteiger charge is -2.30. The van der Waals surface area contributed by atoms with Crippen LogP contribution in [-0.4, -0.2) is 46.2 Å². The first-order chi connectivity index (χ1) is 14.3. The third kappa shape index (κ3) is 7.83. The number of hydrogen-bond donors (Lipinski definition) is 3. The van der Waals surface area contributed by atoms with Crippen molar-refractivity contribution in [2.24, 2.45) is 0 Å². The molecule has 8 heteroatoms. The first kappa shape index (κ1) is 26.4. The van der Waals surface area contributed by atoms with Crippen molar-refractivity contribution in [2.45, 2.75) is 72.2 Å². The van der Waals surface area contributed by atoms with Gasteiger partial charge in [-0.1, -0.05) is 24.6 Å².